The van der Waals surface area contributed by atoms with E-state index in [4.69, 9.17) is 9.26 Å². The van der Waals surface area contributed by atoms with Crippen molar-refractivity contribution in [3.63, 3.8) is 0 Å². The SMILES string of the molecule is COc1ccc(Cn2nc(-c3nc(-c4ccc(OC(C)(F)F)cc4)no3)nc2C)cc1C(F)(F)F. The fourth-order valence-electron chi connectivity index (χ4n) is 3.22. The predicted molar refractivity (Wildman–Crippen MR) is 112 cm³/mol. The Morgan fingerprint density at radius 3 is 2.31 bits per heavy atom. The molecular weight excluding hydrogens is 477 g/mol. The Balaban J connectivity index is 1.54. The summed E-state index contributed by atoms with van der Waals surface area (Å²) in [6.45, 7) is 2.27. The first-order valence-electron chi connectivity index (χ1n) is 10.1. The van der Waals surface area contributed by atoms with Gasteiger partial charge < -0.3 is 14.0 Å². The number of methoxy groups -OCH3 is 1. The van der Waals surface area contributed by atoms with Gasteiger partial charge in [0, 0.05) is 12.5 Å². The first-order valence-corrected chi connectivity index (χ1v) is 10.1. The molecule has 0 saturated carbocycles. The van der Waals surface area contributed by atoms with E-state index in [0.29, 0.717) is 23.9 Å². The number of hydrogen-bond acceptors (Lipinski definition) is 7. The minimum Gasteiger partial charge on any atom is -0.496 e. The van der Waals surface area contributed by atoms with Crippen molar-refractivity contribution in [2.75, 3.05) is 7.11 Å². The molecule has 0 radical (unpaired) electrons. The van der Waals surface area contributed by atoms with Crippen molar-refractivity contribution in [1.82, 2.24) is 24.9 Å². The molecule has 184 valence electrons. The van der Waals surface area contributed by atoms with E-state index >= 15 is 0 Å². The van der Waals surface area contributed by atoms with Gasteiger partial charge in [-0.1, -0.05) is 11.2 Å². The van der Waals surface area contributed by atoms with Gasteiger partial charge in [-0.25, -0.2) is 9.67 Å². The number of benzene rings is 2. The molecule has 0 amide bonds. The van der Waals surface area contributed by atoms with Crippen molar-refractivity contribution in [1.29, 1.82) is 0 Å². The van der Waals surface area contributed by atoms with Crippen molar-refractivity contribution in [2.24, 2.45) is 0 Å². The normalized spacial score (nSPS) is 12.1. The number of aromatic nitrogens is 5. The number of alkyl halides is 5. The number of rotatable bonds is 7. The average Bonchev–Trinajstić information content (AvgIpc) is 3.40. The van der Waals surface area contributed by atoms with Crippen LogP contribution in [0.4, 0.5) is 22.0 Å². The van der Waals surface area contributed by atoms with Crippen LogP contribution in [0.2, 0.25) is 0 Å². The average molecular weight is 495 g/mol. The number of hydrogen-bond donors (Lipinski definition) is 0. The summed E-state index contributed by atoms with van der Waals surface area (Å²) in [5.41, 5.74) is -0.0826. The van der Waals surface area contributed by atoms with E-state index < -0.39 is 17.8 Å². The second kappa shape index (κ2) is 8.96. The molecule has 0 aliphatic rings. The van der Waals surface area contributed by atoms with E-state index in [9.17, 15) is 22.0 Å². The maximum atomic E-state index is 13.3. The number of nitrogens with zero attached hydrogens (tertiary/aromatic N) is 5. The topological polar surface area (TPSA) is 88.1 Å². The highest BCUT2D eigenvalue weighted by molar-refractivity contribution is 5.57. The first-order chi connectivity index (χ1) is 16.4. The molecule has 2 aromatic carbocycles. The molecule has 35 heavy (non-hydrogen) atoms. The molecule has 0 N–H and O–H groups in total. The van der Waals surface area contributed by atoms with Crippen LogP contribution < -0.4 is 9.47 Å². The van der Waals surface area contributed by atoms with E-state index in [2.05, 4.69) is 25.0 Å². The largest absolute Gasteiger partial charge is 0.496 e. The van der Waals surface area contributed by atoms with Crippen LogP contribution in [0.5, 0.6) is 11.5 Å². The Hall–Kier alpha value is -4.03. The van der Waals surface area contributed by atoms with Crippen LogP contribution in [-0.4, -0.2) is 38.1 Å². The molecule has 2 heterocycles. The molecule has 4 rings (SSSR count). The van der Waals surface area contributed by atoms with Crippen LogP contribution in [0.1, 0.15) is 23.9 Å². The molecule has 13 heteroatoms. The second-order valence-electron chi connectivity index (χ2n) is 7.53. The Morgan fingerprint density at radius 2 is 1.69 bits per heavy atom. The van der Waals surface area contributed by atoms with Gasteiger partial charge in [0.15, 0.2) is 0 Å². The van der Waals surface area contributed by atoms with E-state index in [1.54, 1.807) is 6.92 Å². The lowest BCUT2D eigenvalue weighted by atomic mass is 10.1. The summed E-state index contributed by atoms with van der Waals surface area (Å²) in [6, 6.07) is 9.37. The van der Waals surface area contributed by atoms with Crippen LogP contribution >= 0.6 is 0 Å². The van der Waals surface area contributed by atoms with Gasteiger partial charge in [0.2, 0.25) is 11.6 Å². The maximum absolute atomic E-state index is 13.3. The Labute approximate surface area is 195 Å². The van der Waals surface area contributed by atoms with E-state index in [1.807, 2.05) is 0 Å². The van der Waals surface area contributed by atoms with Crippen molar-refractivity contribution in [3.8, 4) is 34.6 Å². The minimum absolute atomic E-state index is 0.0103. The highest BCUT2D eigenvalue weighted by Gasteiger charge is 2.34. The summed E-state index contributed by atoms with van der Waals surface area (Å²) in [5.74, 6) is 0.316. The van der Waals surface area contributed by atoms with Gasteiger partial charge in [0.25, 0.3) is 5.89 Å². The van der Waals surface area contributed by atoms with Gasteiger partial charge in [0.1, 0.15) is 17.3 Å². The lowest BCUT2D eigenvalue weighted by Gasteiger charge is -2.13. The zero-order valence-corrected chi connectivity index (χ0v) is 18.6. The summed E-state index contributed by atoms with van der Waals surface area (Å²) < 4.78 is 81.8. The first kappa shape index (κ1) is 24.1. The van der Waals surface area contributed by atoms with E-state index in [1.165, 1.54) is 48.2 Å². The molecule has 4 aromatic rings. The number of aryl methyl sites for hydroxylation is 1. The molecule has 0 unspecified atom stereocenters. The number of ether oxygens (including phenoxy) is 2. The molecular formula is C22H18F5N5O3. The molecule has 8 nitrogen and oxygen atoms in total. The molecule has 0 bridgehead atoms. The molecule has 0 saturated heterocycles. The molecule has 0 aliphatic heterocycles. The molecule has 2 aromatic heterocycles. The summed E-state index contributed by atoms with van der Waals surface area (Å²) in [5, 5.41) is 8.11. The van der Waals surface area contributed by atoms with Crippen LogP contribution in [0.3, 0.4) is 0 Å². The van der Waals surface area contributed by atoms with E-state index in [-0.39, 0.29) is 35.6 Å². The lowest BCUT2D eigenvalue weighted by molar-refractivity contribution is -0.159. The zero-order chi connectivity index (χ0) is 25.4. The van der Waals surface area contributed by atoms with Crippen molar-refractivity contribution >= 4 is 0 Å². The van der Waals surface area contributed by atoms with Crippen LogP contribution in [0.15, 0.2) is 47.0 Å². The molecule has 0 atom stereocenters. The van der Waals surface area contributed by atoms with Crippen molar-refractivity contribution < 1.29 is 35.9 Å². The summed E-state index contributed by atoms with van der Waals surface area (Å²) in [7, 11) is 1.17. The Bertz CT molecular complexity index is 1330. The van der Waals surface area contributed by atoms with Gasteiger partial charge >= 0.3 is 12.3 Å². The Morgan fingerprint density at radius 1 is 0.971 bits per heavy atom. The van der Waals surface area contributed by atoms with Crippen molar-refractivity contribution in [3.05, 3.63) is 59.4 Å². The maximum Gasteiger partial charge on any atom is 0.419 e. The van der Waals surface area contributed by atoms with E-state index in [0.717, 1.165) is 6.07 Å². The fraction of sp³-hybridized carbons (Fsp3) is 0.273. The molecule has 0 fully saturated rings. The van der Waals surface area contributed by atoms with Gasteiger partial charge in [0.05, 0.1) is 19.2 Å². The van der Waals surface area contributed by atoms with Crippen LogP contribution in [0.25, 0.3) is 23.1 Å². The highest BCUT2D eigenvalue weighted by atomic mass is 19.4. The summed E-state index contributed by atoms with van der Waals surface area (Å²) in [6.07, 6.45) is -7.89. The summed E-state index contributed by atoms with van der Waals surface area (Å²) >= 11 is 0. The molecule has 0 spiro atoms. The number of halogens is 5. The second-order valence-corrected chi connectivity index (χ2v) is 7.53. The fourth-order valence-corrected chi connectivity index (χ4v) is 3.22. The van der Waals surface area contributed by atoms with Crippen LogP contribution in [-0.2, 0) is 12.7 Å². The smallest absolute Gasteiger partial charge is 0.419 e. The van der Waals surface area contributed by atoms with Crippen LogP contribution in [0, 0.1) is 6.92 Å². The predicted octanol–water partition coefficient (Wildman–Crippen LogP) is 5.37. The lowest BCUT2D eigenvalue weighted by Crippen LogP contribution is -2.18. The summed E-state index contributed by atoms with van der Waals surface area (Å²) in [4.78, 5) is 8.46. The third kappa shape index (κ3) is 5.55. The minimum atomic E-state index is -4.58. The quantitative estimate of drug-likeness (QED) is 0.319. The Kier molecular flexibility index (Phi) is 6.17. The third-order valence-electron chi connectivity index (χ3n) is 4.79. The monoisotopic (exact) mass is 495 g/mol. The highest BCUT2D eigenvalue weighted by Crippen LogP contribution is 2.37. The standard InChI is InChI=1S/C22H18F5N5O3/c1-12-28-19(30-32(12)11-13-4-9-17(33-3)16(10-13)22(25,26)27)20-29-18(31-35-20)14-5-7-15(8-6-14)34-21(2,23)24/h4-10H,11H2,1-3H3. The third-order valence-corrected chi connectivity index (χ3v) is 4.79. The van der Waals surface area contributed by atoms with Gasteiger partial charge in [-0.05, 0) is 48.9 Å². The van der Waals surface area contributed by atoms with Gasteiger partial charge in [-0.3, -0.25) is 0 Å². The molecule has 0 aliphatic carbocycles. The van der Waals surface area contributed by atoms with Crippen molar-refractivity contribution in [2.45, 2.75) is 32.7 Å². The van der Waals surface area contributed by atoms with Gasteiger partial charge in [-0.15, -0.1) is 5.10 Å². The zero-order valence-electron chi connectivity index (χ0n) is 18.6. The van der Waals surface area contributed by atoms with Gasteiger partial charge in [-0.2, -0.15) is 26.9 Å².